The quantitative estimate of drug-likeness (QED) is 0.574. The maximum absolute atomic E-state index is 8.28. The summed E-state index contributed by atoms with van der Waals surface area (Å²) in [6, 6.07) is 0. The molecule has 1 N–H and O–H groups in total. The molecular weight excluding hydrogens is 180 g/mol. The number of rotatable bonds is 1. The van der Waals surface area contributed by atoms with Gasteiger partial charge in [-0.25, -0.2) is 0 Å². The Bertz CT molecular complexity index is 42.2. The van der Waals surface area contributed by atoms with E-state index in [1.807, 2.05) is 6.92 Å². The van der Waals surface area contributed by atoms with Gasteiger partial charge in [0.2, 0.25) is 0 Å². The first-order valence-electron chi connectivity index (χ1n) is 1.49. The Morgan fingerprint density at radius 1 is 2.00 bits per heavy atom. The first-order valence-corrected chi connectivity index (χ1v) is 2.65. The molecule has 30 valence electrons. The molecule has 0 saturated heterocycles. The maximum atomic E-state index is 8.28. The van der Waals surface area contributed by atoms with Crippen LogP contribution in [0.1, 0.15) is 13.3 Å². The predicted molar refractivity (Wildman–Crippen MR) is 23.0 cm³/mol. The molecule has 0 spiro atoms. The van der Waals surface area contributed by atoms with Crippen LogP contribution in [0, 0.1) is 0 Å². The van der Waals surface area contributed by atoms with Gasteiger partial charge < -0.3 is 0 Å². The number of hydrogen-bond acceptors (Lipinski definition) is 1. The van der Waals surface area contributed by atoms with Crippen LogP contribution in [0.3, 0.4) is 0 Å². The number of hydrogen-bond donors (Lipinski definition) is 1. The van der Waals surface area contributed by atoms with Gasteiger partial charge >= 0.3 is 44.0 Å². The molecule has 0 rings (SSSR count). The minimum absolute atomic E-state index is 0.515. The molecule has 0 aliphatic rings. The van der Waals surface area contributed by atoms with Crippen molar-refractivity contribution in [2.45, 2.75) is 13.3 Å². The molecule has 0 amide bonds. The molecule has 0 bridgehead atoms. The van der Waals surface area contributed by atoms with Crippen molar-refractivity contribution in [1.29, 1.82) is 0 Å². The van der Waals surface area contributed by atoms with Crippen LogP contribution in [0.2, 0.25) is 0 Å². The van der Waals surface area contributed by atoms with Crippen LogP contribution in [0.25, 0.3) is 0 Å². The standard InChI is InChI=1S/C3H6OTe/c1-2-3(4)5/h2H2,1H3,(H,4,5). The molecule has 0 aromatic rings. The Labute approximate surface area is 44.4 Å². The van der Waals surface area contributed by atoms with Crippen LogP contribution in [0.15, 0.2) is 0 Å². The summed E-state index contributed by atoms with van der Waals surface area (Å²) in [5, 5.41) is 8.28. The van der Waals surface area contributed by atoms with E-state index in [1.54, 1.807) is 21.8 Å². The summed E-state index contributed by atoms with van der Waals surface area (Å²) in [5.74, 6) is 0. The zero-order valence-corrected chi connectivity index (χ0v) is 5.39. The molecule has 0 unspecified atom stereocenters. The topological polar surface area (TPSA) is 20.2 Å². The van der Waals surface area contributed by atoms with Gasteiger partial charge in [0.25, 0.3) is 0 Å². The molecule has 5 heavy (non-hydrogen) atoms. The van der Waals surface area contributed by atoms with Crippen molar-refractivity contribution in [2.24, 2.45) is 0 Å². The SMILES string of the molecule is CCC(O)=[Te]. The van der Waals surface area contributed by atoms with Crippen LogP contribution in [-0.4, -0.2) is 30.7 Å². The molecule has 0 radical (unpaired) electrons. The van der Waals surface area contributed by atoms with Gasteiger partial charge in [0.15, 0.2) is 0 Å². The average molecular weight is 186 g/mol. The Morgan fingerprint density at radius 3 is 2.20 bits per heavy atom. The van der Waals surface area contributed by atoms with Crippen molar-refractivity contribution in [3.05, 3.63) is 0 Å². The van der Waals surface area contributed by atoms with Crippen molar-refractivity contribution in [2.75, 3.05) is 0 Å². The summed E-state index contributed by atoms with van der Waals surface area (Å²) in [7, 11) is 0. The summed E-state index contributed by atoms with van der Waals surface area (Å²) in [6.07, 6.45) is 0.782. The van der Waals surface area contributed by atoms with Gasteiger partial charge in [-0.15, -0.1) is 0 Å². The van der Waals surface area contributed by atoms with E-state index in [9.17, 15) is 0 Å². The van der Waals surface area contributed by atoms with E-state index in [0.29, 0.717) is 3.74 Å². The van der Waals surface area contributed by atoms with Crippen molar-refractivity contribution >= 4 is 25.6 Å². The molecule has 0 fully saturated rings. The number of aliphatic hydroxyl groups is 1. The van der Waals surface area contributed by atoms with Gasteiger partial charge in [-0.05, 0) is 0 Å². The third kappa shape index (κ3) is 4.46. The Hall–Kier alpha value is 0.460. The van der Waals surface area contributed by atoms with E-state index in [1.165, 1.54) is 0 Å². The Kier molecular flexibility index (Phi) is 2.93. The summed E-state index contributed by atoms with van der Waals surface area (Å²) >= 11 is 1.63. The van der Waals surface area contributed by atoms with E-state index in [-0.39, 0.29) is 0 Å². The van der Waals surface area contributed by atoms with E-state index in [0.717, 1.165) is 6.42 Å². The van der Waals surface area contributed by atoms with Crippen molar-refractivity contribution < 1.29 is 5.11 Å². The van der Waals surface area contributed by atoms with Gasteiger partial charge in [-0.1, -0.05) is 0 Å². The van der Waals surface area contributed by atoms with Gasteiger partial charge in [0.1, 0.15) is 0 Å². The van der Waals surface area contributed by atoms with Crippen molar-refractivity contribution in [1.82, 2.24) is 0 Å². The van der Waals surface area contributed by atoms with Gasteiger partial charge in [0, 0.05) is 0 Å². The molecule has 0 aliphatic carbocycles. The fraction of sp³-hybridized carbons (Fsp3) is 0.667. The zero-order valence-electron chi connectivity index (χ0n) is 3.06. The van der Waals surface area contributed by atoms with E-state index in [4.69, 9.17) is 5.11 Å². The number of aliphatic hydroxyl groups excluding tert-OH is 1. The first-order chi connectivity index (χ1) is 2.27. The van der Waals surface area contributed by atoms with E-state index in [2.05, 4.69) is 0 Å². The third-order valence-electron chi connectivity index (χ3n) is 0.302. The van der Waals surface area contributed by atoms with Crippen LogP contribution in [0.4, 0.5) is 0 Å². The summed E-state index contributed by atoms with van der Waals surface area (Å²) in [6.45, 7) is 1.91. The second-order valence-electron chi connectivity index (χ2n) is 0.747. The van der Waals surface area contributed by atoms with Crippen LogP contribution >= 0.6 is 0 Å². The molecular formula is C3H6OTe. The second-order valence-corrected chi connectivity index (χ2v) is 2.09. The van der Waals surface area contributed by atoms with Gasteiger partial charge in [-0.2, -0.15) is 0 Å². The molecule has 0 heterocycles. The van der Waals surface area contributed by atoms with Crippen molar-refractivity contribution in [3.8, 4) is 0 Å². The third-order valence-corrected chi connectivity index (χ3v) is 1.13. The van der Waals surface area contributed by atoms with Crippen LogP contribution in [-0.2, 0) is 0 Å². The molecule has 0 aliphatic heterocycles. The normalized spacial score (nSPS) is 7.40. The summed E-state index contributed by atoms with van der Waals surface area (Å²) in [4.78, 5) is 0. The second kappa shape index (κ2) is 2.68. The minimum atomic E-state index is 0.515. The van der Waals surface area contributed by atoms with Crippen LogP contribution < -0.4 is 0 Å². The zero-order chi connectivity index (χ0) is 4.28. The molecule has 2 heteroatoms. The fourth-order valence-electron chi connectivity index (χ4n) is 0. The van der Waals surface area contributed by atoms with Gasteiger partial charge in [0.05, 0.1) is 0 Å². The average Bonchev–Trinajstić information content (AvgIpc) is 1.38. The van der Waals surface area contributed by atoms with Crippen LogP contribution in [0.5, 0.6) is 0 Å². The molecule has 1 nitrogen and oxygen atoms in total. The monoisotopic (exact) mass is 188 g/mol. The summed E-state index contributed by atoms with van der Waals surface area (Å²) < 4.78 is 0.515. The van der Waals surface area contributed by atoms with Gasteiger partial charge in [-0.3, -0.25) is 0 Å². The first kappa shape index (κ1) is 5.46. The van der Waals surface area contributed by atoms with Crippen molar-refractivity contribution in [3.63, 3.8) is 0 Å². The van der Waals surface area contributed by atoms with E-state index < -0.39 is 0 Å². The van der Waals surface area contributed by atoms with E-state index >= 15 is 0 Å². The molecule has 0 aromatic heterocycles. The summed E-state index contributed by atoms with van der Waals surface area (Å²) in [5.41, 5.74) is 0. The molecule has 0 atom stereocenters. The molecule has 0 saturated carbocycles. The Morgan fingerprint density at radius 2 is 2.20 bits per heavy atom. The molecule has 0 aromatic carbocycles. The predicted octanol–water partition coefficient (Wildman–Crippen LogP) is 0.0673. The Balaban J connectivity index is 2.85. The fourth-order valence-corrected chi connectivity index (χ4v) is 0.